The molecule has 0 aliphatic heterocycles. The van der Waals surface area contributed by atoms with Crippen molar-refractivity contribution >= 4 is 72.7 Å². The molecule has 0 rings (SSSR count). The van der Waals surface area contributed by atoms with Gasteiger partial charge in [-0.3, -0.25) is 9.59 Å². The molecule has 109 valence electrons. The Kier molecular flexibility index (Phi) is 28.3. The standard InChI is InChI=1S/C9H17NO5.Ca.Cu.Mg.Zn.4H/c1-9(2,5-11)7(14)8(15)10-4-3-6(12)13;;;;;;;;/h7,11,14H,3-5H2,1-2H3,(H,10,15)(H,12,13);;;;;;;;/q;+2;;+2;;4*-1. The fourth-order valence-corrected chi connectivity index (χ4v) is 0.831. The quantitative estimate of drug-likeness (QED) is 0.400. The second-order valence-corrected chi connectivity index (χ2v) is 3.98. The number of rotatable bonds is 6. The third-order valence-electron chi connectivity index (χ3n) is 2.03. The van der Waals surface area contributed by atoms with Crippen LogP contribution < -0.4 is 5.32 Å². The van der Waals surface area contributed by atoms with Crippen LogP contribution in [0.3, 0.4) is 0 Å². The topological polar surface area (TPSA) is 107 Å². The summed E-state index contributed by atoms with van der Waals surface area (Å²) in [6.45, 7) is 2.70. The van der Waals surface area contributed by atoms with E-state index in [1.807, 2.05) is 0 Å². The van der Waals surface area contributed by atoms with Gasteiger partial charge in [-0.25, -0.2) is 0 Å². The van der Waals surface area contributed by atoms with E-state index in [9.17, 15) is 14.7 Å². The largest absolute Gasteiger partial charge is 2.00 e. The van der Waals surface area contributed by atoms with Gasteiger partial charge in [0, 0.05) is 48.5 Å². The Morgan fingerprint density at radius 3 is 2.11 bits per heavy atom. The molecule has 0 aromatic rings. The first-order valence-electron chi connectivity index (χ1n) is 4.59. The van der Waals surface area contributed by atoms with E-state index in [0.717, 1.165) is 0 Å². The summed E-state index contributed by atoms with van der Waals surface area (Å²) in [6.07, 6.45) is -1.55. The van der Waals surface area contributed by atoms with Crippen LogP contribution in [-0.2, 0) is 46.1 Å². The van der Waals surface area contributed by atoms with E-state index in [1.54, 1.807) is 0 Å². The van der Waals surface area contributed by atoms with Gasteiger partial charge in [-0.1, -0.05) is 13.8 Å². The molecule has 6 nitrogen and oxygen atoms in total. The molecule has 0 heterocycles. The van der Waals surface area contributed by atoms with Gasteiger partial charge in [-0.05, 0) is 0 Å². The van der Waals surface area contributed by atoms with E-state index in [2.05, 4.69) is 5.32 Å². The minimum Gasteiger partial charge on any atom is -1.00 e. The molecule has 10 heteroatoms. The molecule has 19 heavy (non-hydrogen) atoms. The predicted molar refractivity (Wildman–Crippen MR) is 68.1 cm³/mol. The van der Waals surface area contributed by atoms with Crippen molar-refractivity contribution in [2.75, 3.05) is 13.2 Å². The van der Waals surface area contributed by atoms with Gasteiger partial charge in [0.25, 0.3) is 0 Å². The molecule has 0 saturated heterocycles. The first kappa shape index (κ1) is 32.8. The van der Waals surface area contributed by atoms with Crippen molar-refractivity contribution in [1.29, 1.82) is 0 Å². The number of hydrogen-bond acceptors (Lipinski definition) is 4. The Morgan fingerprint density at radius 1 is 1.37 bits per heavy atom. The summed E-state index contributed by atoms with van der Waals surface area (Å²) in [5.41, 5.74) is -0.937. The van der Waals surface area contributed by atoms with E-state index in [0.29, 0.717) is 0 Å². The molecule has 0 aromatic carbocycles. The molecule has 0 aromatic heterocycles. The molecular formula is C9H21CaCuMgNO5Zn. The van der Waals surface area contributed by atoms with Crippen molar-refractivity contribution < 1.29 is 67.2 Å². The summed E-state index contributed by atoms with van der Waals surface area (Å²) >= 11 is 0. The fraction of sp³-hybridized carbons (Fsp3) is 0.778. The van der Waals surface area contributed by atoms with Gasteiger partial charge in [0.1, 0.15) is 6.10 Å². The summed E-state index contributed by atoms with van der Waals surface area (Å²) in [7, 11) is 0. The molecule has 0 fully saturated rings. The maximum absolute atomic E-state index is 11.3. The minimum atomic E-state index is -1.35. The molecule has 1 amide bonds. The van der Waals surface area contributed by atoms with Gasteiger partial charge in [-0.2, -0.15) is 0 Å². The number of aliphatic hydroxyl groups excluding tert-OH is 2. The average molecular weight is 417 g/mol. The molecule has 1 atom stereocenters. The zero-order valence-corrected chi connectivity index (χ0v) is 18.8. The van der Waals surface area contributed by atoms with Gasteiger partial charge < -0.3 is 26.3 Å². The summed E-state index contributed by atoms with van der Waals surface area (Å²) in [4.78, 5) is 21.4. The van der Waals surface area contributed by atoms with Crippen molar-refractivity contribution in [2.45, 2.75) is 26.4 Å². The molecule has 0 aliphatic rings. The van der Waals surface area contributed by atoms with Crippen molar-refractivity contribution in [2.24, 2.45) is 5.41 Å². The van der Waals surface area contributed by atoms with Crippen LogP contribution in [0.4, 0.5) is 0 Å². The third kappa shape index (κ3) is 14.7. The summed E-state index contributed by atoms with van der Waals surface area (Å²) in [5.74, 6) is -1.69. The van der Waals surface area contributed by atoms with Crippen LogP contribution in [0, 0.1) is 5.41 Å². The second-order valence-electron chi connectivity index (χ2n) is 3.98. The second kappa shape index (κ2) is 16.4. The number of carboxylic acid groups (broad SMARTS) is 1. The molecular weight excluding hydrogens is 395 g/mol. The van der Waals surface area contributed by atoms with Crippen molar-refractivity contribution in [3.05, 3.63) is 0 Å². The number of aliphatic carboxylic acids is 1. The van der Waals surface area contributed by atoms with Crippen LogP contribution in [0.25, 0.3) is 0 Å². The van der Waals surface area contributed by atoms with E-state index in [4.69, 9.17) is 10.2 Å². The monoisotopic (exact) mass is 414 g/mol. The van der Waals surface area contributed by atoms with Gasteiger partial charge in [-0.15, -0.1) is 0 Å². The Bertz CT molecular complexity index is 276. The summed E-state index contributed by atoms with van der Waals surface area (Å²) in [5, 5.41) is 29.0. The fourth-order valence-electron chi connectivity index (χ4n) is 0.831. The smallest absolute Gasteiger partial charge is 1.00 e. The van der Waals surface area contributed by atoms with E-state index in [-0.39, 0.29) is 123 Å². The maximum Gasteiger partial charge on any atom is 2.00 e. The number of aliphatic hydroxyl groups is 2. The maximum atomic E-state index is 11.3. The van der Waals surface area contributed by atoms with E-state index >= 15 is 0 Å². The van der Waals surface area contributed by atoms with Crippen LogP contribution in [0.5, 0.6) is 0 Å². The number of amides is 1. The predicted octanol–water partition coefficient (Wildman–Crippen LogP) is -1.36. The third-order valence-corrected chi connectivity index (χ3v) is 2.03. The van der Waals surface area contributed by atoms with Gasteiger partial charge >= 0.3 is 66.8 Å². The first-order valence-corrected chi connectivity index (χ1v) is 4.59. The van der Waals surface area contributed by atoms with Crippen LogP contribution in [0.1, 0.15) is 26.0 Å². The molecule has 4 N–H and O–H groups in total. The zero-order valence-electron chi connectivity index (χ0n) is 15.3. The van der Waals surface area contributed by atoms with Crippen LogP contribution in [0.2, 0.25) is 0 Å². The number of carbonyl (C=O) groups is 2. The van der Waals surface area contributed by atoms with Crippen LogP contribution in [-0.4, -0.2) is 107 Å². The average Bonchev–Trinajstić information content (AvgIpc) is 2.15. The molecule has 0 bridgehead atoms. The minimum absolute atomic E-state index is 0. The van der Waals surface area contributed by atoms with Gasteiger partial charge in [0.05, 0.1) is 13.0 Å². The number of carboxylic acids is 1. The number of hydrogen-bond donors (Lipinski definition) is 4. The number of carbonyl (C=O) groups excluding carboxylic acids is 1. The van der Waals surface area contributed by atoms with Gasteiger partial charge in [0.15, 0.2) is 0 Å². The first-order chi connectivity index (χ1) is 6.81. The SMILES string of the molecule is CC(C)(CO)C(O)C(=O)NCCC(=O)O.[Ca+2].[Cu].[H-].[H-].[H-].[H-].[Mg+2].[Zn]. The van der Waals surface area contributed by atoms with Gasteiger partial charge in [0.2, 0.25) is 5.91 Å². The Labute approximate surface area is 188 Å². The molecule has 1 unspecified atom stereocenters. The zero-order chi connectivity index (χ0) is 12.1. The van der Waals surface area contributed by atoms with E-state index < -0.39 is 23.4 Å². The van der Waals surface area contributed by atoms with Crippen LogP contribution >= 0.6 is 0 Å². The van der Waals surface area contributed by atoms with Crippen molar-refractivity contribution in [1.82, 2.24) is 5.32 Å². The summed E-state index contributed by atoms with van der Waals surface area (Å²) in [6, 6.07) is 0. The summed E-state index contributed by atoms with van der Waals surface area (Å²) < 4.78 is 0. The molecule has 1 radical (unpaired) electrons. The van der Waals surface area contributed by atoms with Crippen LogP contribution in [0.15, 0.2) is 0 Å². The molecule has 0 spiro atoms. The molecule has 0 saturated carbocycles. The number of nitrogens with one attached hydrogen (secondary N) is 1. The Hall–Kier alpha value is 2.03. The van der Waals surface area contributed by atoms with Crippen molar-refractivity contribution in [3.8, 4) is 0 Å². The molecule has 0 aliphatic carbocycles. The van der Waals surface area contributed by atoms with Crippen molar-refractivity contribution in [3.63, 3.8) is 0 Å². The van der Waals surface area contributed by atoms with E-state index in [1.165, 1.54) is 13.8 Å². The Balaban J connectivity index is -0.0000000350. The Morgan fingerprint density at radius 2 is 1.79 bits per heavy atom. The normalized spacial score (nSPS) is 10.5.